The van der Waals surface area contributed by atoms with E-state index < -0.39 is 0 Å². The lowest BCUT2D eigenvalue weighted by Crippen LogP contribution is -2.35. The van der Waals surface area contributed by atoms with Crippen molar-refractivity contribution in [3.63, 3.8) is 0 Å². The minimum absolute atomic E-state index is 0.0741. The van der Waals surface area contributed by atoms with Crippen molar-refractivity contribution in [1.29, 1.82) is 0 Å². The van der Waals surface area contributed by atoms with Crippen LogP contribution in [0.15, 0.2) is 24.3 Å². The Morgan fingerprint density at radius 3 is 2.56 bits per heavy atom. The molecule has 88 valence electrons. The van der Waals surface area contributed by atoms with Gasteiger partial charge in [0.15, 0.2) is 0 Å². The zero-order valence-corrected chi connectivity index (χ0v) is 10.1. The van der Waals surface area contributed by atoms with Crippen molar-refractivity contribution in [2.24, 2.45) is 5.41 Å². The fourth-order valence-electron chi connectivity index (χ4n) is 2.43. The maximum Gasteiger partial charge on any atom is 0.0629 e. The van der Waals surface area contributed by atoms with Gasteiger partial charge in [0, 0.05) is 12.0 Å². The van der Waals surface area contributed by atoms with E-state index >= 15 is 0 Å². The van der Waals surface area contributed by atoms with E-state index in [0.717, 1.165) is 19.4 Å². The summed E-state index contributed by atoms with van der Waals surface area (Å²) in [6.45, 7) is 5.14. The summed E-state index contributed by atoms with van der Waals surface area (Å²) in [4.78, 5) is 0. The van der Waals surface area contributed by atoms with Crippen molar-refractivity contribution in [3.05, 3.63) is 35.4 Å². The molecule has 0 spiro atoms. The Labute approximate surface area is 97.3 Å². The quantitative estimate of drug-likeness (QED) is 0.847. The van der Waals surface area contributed by atoms with Crippen LogP contribution in [0.4, 0.5) is 0 Å². The number of ether oxygens (including phenoxy) is 1. The van der Waals surface area contributed by atoms with E-state index in [1.54, 1.807) is 0 Å². The first-order valence-electron chi connectivity index (χ1n) is 5.94. The number of benzene rings is 1. The molecule has 2 heteroatoms. The van der Waals surface area contributed by atoms with Crippen LogP contribution >= 0.6 is 0 Å². The third-order valence-electron chi connectivity index (χ3n) is 3.82. The van der Waals surface area contributed by atoms with Crippen LogP contribution < -0.4 is 0 Å². The van der Waals surface area contributed by atoms with E-state index in [0.29, 0.717) is 0 Å². The number of hydrogen-bond acceptors (Lipinski definition) is 2. The highest BCUT2D eigenvalue weighted by Crippen LogP contribution is 2.37. The largest absolute Gasteiger partial charge is 0.396 e. The molecule has 16 heavy (non-hydrogen) atoms. The second kappa shape index (κ2) is 4.56. The van der Waals surface area contributed by atoms with Crippen molar-refractivity contribution < 1.29 is 9.84 Å². The van der Waals surface area contributed by atoms with Crippen LogP contribution in [-0.2, 0) is 11.2 Å². The van der Waals surface area contributed by atoms with E-state index in [9.17, 15) is 5.11 Å². The summed E-state index contributed by atoms with van der Waals surface area (Å²) in [5, 5.41) is 9.62. The van der Waals surface area contributed by atoms with E-state index in [4.69, 9.17) is 4.74 Å². The smallest absolute Gasteiger partial charge is 0.0629 e. The first-order chi connectivity index (χ1) is 7.66. The highest BCUT2D eigenvalue weighted by Gasteiger charge is 2.40. The lowest BCUT2D eigenvalue weighted by atomic mass is 9.77. The van der Waals surface area contributed by atoms with Crippen molar-refractivity contribution in [1.82, 2.24) is 0 Å². The van der Waals surface area contributed by atoms with Gasteiger partial charge in [0.2, 0.25) is 0 Å². The second-order valence-corrected chi connectivity index (χ2v) is 4.95. The van der Waals surface area contributed by atoms with Gasteiger partial charge < -0.3 is 9.84 Å². The van der Waals surface area contributed by atoms with Gasteiger partial charge in [0.1, 0.15) is 0 Å². The fraction of sp³-hybridized carbons (Fsp3) is 0.571. The van der Waals surface area contributed by atoms with E-state index in [1.807, 2.05) is 0 Å². The highest BCUT2D eigenvalue weighted by molar-refractivity contribution is 5.23. The summed E-state index contributed by atoms with van der Waals surface area (Å²) in [7, 11) is 0. The van der Waals surface area contributed by atoms with Crippen LogP contribution in [0.2, 0.25) is 0 Å². The molecular weight excluding hydrogens is 200 g/mol. The third kappa shape index (κ3) is 2.13. The summed E-state index contributed by atoms with van der Waals surface area (Å²) in [5.41, 5.74) is 2.49. The molecule has 0 saturated carbocycles. The minimum Gasteiger partial charge on any atom is -0.396 e. The molecule has 0 aromatic heterocycles. The molecule has 1 fully saturated rings. The van der Waals surface area contributed by atoms with Crippen LogP contribution in [0.1, 0.15) is 24.5 Å². The Morgan fingerprint density at radius 2 is 2.06 bits per heavy atom. The molecule has 0 aliphatic carbocycles. The molecule has 2 atom stereocenters. The van der Waals surface area contributed by atoms with Crippen LogP contribution in [0.3, 0.4) is 0 Å². The normalized spacial score (nSPS) is 29.6. The maximum absolute atomic E-state index is 9.62. The standard InChI is InChI=1S/C14H20O2/c1-11-3-5-13(6-4-11)9-14(10-15)7-8-16-12(14)2/h3-6,12,15H,7-10H2,1-2H3. The van der Waals surface area contributed by atoms with E-state index in [-0.39, 0.29) is 18.1 Å². The highest BCUT2D eigenvalue weighted by atomic mass is 16.5. The Morgan fingerprint density at radius 1 is 1.38 bits per heavy atom. The predicted molar refractivity (Wildman–Crippen MR) is 64.4 cm³/mol. The molecule has 1 aliphatic rings. The fourth-order valence-corrected chi connectivity index (χ4v) is 2.43. The van der Waals surface area contributed by atoms with Crippen molar-refractivity contribution in [3.8, 4) is 0 Å². The van der Waals surface area contributed by atoms with Crippen molar-refractivity contribution >= 4 is 0 Å². The monoisotopic (exact) mass is 220 g/mol. The van der Waals surface area contributed by atoms with Gasteiger partial charge in [-0.1, -0.05) is 29.8 Å². The summed E-state index contributed by atoms with van der Waals surface area (Å²) in [5.74, 6) is 0. The van der Waals surface area contributed by atoms with Gasteiger partial charge in [-0.2, -0.15) is 0 Å². The zero-order valence-electron chi connectivity index (χ0n) is 10.1. The molecule has 2 nitrogen and oxygen atoms in total. The molecule has 2 unspecified atom stereocenters. The first-order valence-corrected chi connectivity index (χ1v) is 5.94. The van der Waals surface area contributed by atoms with Gasteiger partial charge in [-0.05, 0) is 32.3 Å². The lowest BCUT2D eigenvalue weighted by Gasteiger charge is -2.30. The van der Waals surface area contributed by atoms with E-state index in [1.165, 1.54) is 11.1 Å². The Kier molecular flexibility index (Phi) is 3.31. The summed E-state index contributed by atoms with van der Waals surface area (Å²) in [6, 6.07) is 8.55. The minimum atomic E-state index is -0.0741. The second-order valence-electron chi connectivity index (χ2n) is 4.95. The van der Waals surface area contributed by atoms with Crippen LogP contribution in [0.5, 0.6) is 0 Å². The van der Waals surface area contributed by atoms with Crippen molar-refractivity contribution in [2.45, 2.75) is 32.8 Å². The van der Waals surface area contributed by atoms with Crippen LogP contribution in [0.25, 0.3) is 0 Å². The summed E-state index contributed by atoms with van der Waals surface area (Å²) in [6.07, 6.45) is 2.02. The van der Waals surface area contributed by atoms with Crippen LogP contribution in [0, 0.1) is 12.3 Å². The first kappa shape index (κ1) is 11.6. The maximum atomic E-state index is 9.62. The van der Waals surface area contributed by atoms with Gasteiger partial charge in [0.25, 0.3) is 0 Å². The molecule has 1 N–H and O–H groups in total. The zero-order chi connectivity index (χ0) is 11.6. The van der Waals surface area contributed by atoms with E-state index in [2.05, 4.69) is 38.1 Å². The molecule has 0 amide bonds. The van der Waals surface area contributed by atoms with Gasteiger partial charge in [-0.15, -0.1) is 0 Å². The lowest BCUT2D eigenvalue weighted by molar-refractivity contribution is 0.0272. The van der Waals surface area contributed by atoms with Gasteiger partial charge in [-0.25, -0.2) is 0 Å². The SMILES string of the molecule is Cc1ccc(CC2(CO)CCOC2C)cc1. The molecule has 0 radical (unpaired) electrons. The van der Waals surface area contributed by atoms with Gasteiger partial charge in [-0.3, -0.25) is 0 Å². The van der Waals surface area contributed by atoms with Gasteiger partial charge >= 0.3 is 0 Å². The van der Waals surface area contributed by atoms with Crippen molar-refractivity contribution in [2.75, 3.05) is 13.2 Å². The van der Waals surface area contributed by atoms with Crippen LogP contribution in [-0.4, -0.2) is 24.4 Å². The number of aliphatic hydroxyl groups is 1. The molecule has 1 heterocycles. The Hall–Kier alpha value is -0.860. The molecule has 2 rings (SSSR count). The molecular formula is C14H20O2. The molecule has 1 aliphatic heterocycles. The number of aliphatic hydroxyl groups excluding tert-OH is 1. The molecule has 1 aromatic rings. The number of aryl methyl sites for hydroxylation is 1. The predicted octanol–water partition coefficient (Wildman–Crippen LogP) is 2.33. The molecule has 0 bridgehead atoms. The third-order valence-corrected chi connectivity index (χ3v) is 3.82. The Bertz CT molecular complexity index is 344. The van der Waals surface area contributed by atoms with Gasteiger partial charge in [0.05, 0.1) is 12.7 Å². The summed E-state index contributed by atoms with van der Waals surface area (Å²) < 4.78 is 5.60. The molecule has 1 saturated heterocycles. The average molecular weight is 220 g/mol. The Balaban J connectivity index is 2.15. The number of hydrogen-bond donors (Lipinski definition) is 1. The molecule has 1 aromatic carbocycles. The average Bonchev–Trinajstić information content (AvgIpc) is 2.64. The number of rotatable bonds is 3. The summed E-state index contributed by atoms with van der Waals surface area (Å²) >= 11 is 0. The topological polar surface area (TPSA) is 29.5 Å².